The molecule has 1 aromatic heterocycles. The van der Waals surface area contributed by atoms with Gasteiger partial charge in [-0.2, -0.15) is 0 Å². The number of benzene rings is 2. The van der Waals surface area contributed by atoms with Gasteiger partial charge in [0, 0.05) is 24.0 Å². The Hall–Kier alpha value is -2.37. The molecule has 0 unspecified atom stereocenters. The standard InChI is InChI=1S/C20H17ClFNO3/c1-11-12(2)20(24)26-18-15(11)7-17(21)19-16(18)9-23(10-25-19)8-13-3-5-14(22)6-4-13/h3-7H,8-10H2,1-2H3. The maximum Gasteiger partial charge on any atom is 0.339 e. The number of fused-ring (bicyclic) bond motifs is 3. The van der Waals surface area contributed by atoms with Gasteiger partial charge < -0.3 is 9.15 Å². The van der Waals surface area contributed by atoms with Gasteiger partial charge in [-0.25, -0.2) is 9.18 Å². The van der Waals surface area contributed by atoms with Crippen LogP contribution >= 0.6 is 11.6 Å². The van der Waals surface area contributed by atoms with Crippen molar-refractivity contribution in [3.63, 3.8) is 0 Å². The predicted molar refractivity (Wildman–Crippen MR) is 98.1 cm³/mol. The molecular weight excluding hydrogens is 357 g/mol. The van der Waals surface area contributed by atoms with Crippen LogP contribution in [0.15, 0.2) is 39.5 Å². The van der Waals surface area contributed by atoms with Crippen molar-refractivity contribution in [3.05, 3.63) is 73.8 Å². The molecule has 0 fully saturated rings. The highest BCUT2D eigenvalue weighted by atomic mass is 35.5. The third kappa shape index (κ3) is 2.87. The molecule has 2 heterocycles. The smallest absolute Gasteiger partial charge is 0.339 e. The Morgan fingerprint density at radius 2 is 1.92 bits per heavy atom. The monoisotopic (exact) mass is 373 g/mol. The van der Waals surface area contributed by atoms with Crippen LogP contribution in [0.2, 0.25) is 5.02 Å². The summed E-state index contributed by atoms with van der Waals surface area (Å²) in [6.07, 6.45) is 0. The van der Waals surface area contributed by atoms with Gasteiger partial charge in [0.2, 0.25) is 0 Å². The molecule has 0 amide bonds. The highest BCUT2D eigenvalue weighted by Gasteiger charge is 2.25. The van der Waals surface area contributed by atoms with Crippen LogP contribution in [0.4, 0.5) is 4.39 Å². The minimum atomic E-state index is -0.352. The molecule has 0 radical (unpaired) electrons. The van der Waals surface area contributed by atoms with Gasteiger partial charge in [-0.15, -0.1) is 0 Å². The van der Waals surface area contributed by atoms with Crippen LogP contribution < -0.4 is 10.4 Å². The molecular formula is C20H17ClFNO3. The van der Waals surface area contributed by atoms with Crippen LogP contribution in [0.5, 0.6) is 5.75 Å². The highest BCUT2D eigenvalue weighted by molar-refractivity contribution is 6.33. The summed E-state index contributed by atoms with van der Waals surface area (Å²) >= 11 is 6.41. The normalized spacial score (nSPS) is 14.3. The molecule has 26 heavy (non-hydrogen) atoms. The first kappa shape index (κ1) is 17.1. The van der Waals surface area contributed by atoms with E-state index in [1.807, 2.05) is 11.8 Å². The molecule has 4 nitrogen and oxygen atoms in total. The summed E-state index contributed by atoms with van der Waals surface area (Å²) in [6.45, 7) is 5.09. The number of hydrogen-bond acceptors (Lipinski definition) is 4. The second kappa shape index (κ2) is 6.41. The summed E-state index contributed by atoms with van der Waals surface area (Å²) in [5.74, 6) is 0.292. The van der Waals surface area contributed by atoms with Crippen molar-refractivity contribution in [2.75, 3.05) is 6.73 Å². The molecule has 0 bridgehead atoms. The zero-order chi connectivity index (χ0) is 18.4. The molecule has 0 saturated carbocycles. The number of aryl methyl sites for hydroxylation is 1. The Kier molecular flexibility index (Phi) is 4.21. The summed E-state index contributed by atoms with van der Waals surface area (Å²) in [5.41, 5.74) is 3.33. The molecule has 0 aliphatic carbocycles. The topological polar surface area (TPSA) is 42.7 Å². The Bertz CT molecular complexity index is 1060. The van der Waals surface area contributed by atoms with Crippen molar-refractivity contribution < 1.29 is 13.5 Å². The van der Waals surface area contributed by atoms with Gasteiger partial charge in [0.25, 0.3) is 0 Å². The Morgan fingerprint density at radius 1 is 1.19 bits per heavy atom. The minimum Gasteiger partial charge on any atom is -0.476 e. The van der Waals surface area contributed by atoms with Crippen LogP contribution in [0.1, 0.15) is 22.3 Å². The third-order valence-electron chi connectivity index (χ3n) is 4.84. The van der Waals surface area contributed by atoms with Crippen LogP contribution in [-0.4, -0.2) is 11.6 Å². The van der Waals surface area contributed by atoms with Crippen LogP contribution in [0.25, 0.3) is 11.0 Å². The summed E-state index contributed by atoms with van der Waals surface area (Å²) in [5, 5.41) is 1.32. The summed E-state index contributed by atoms with van der Waals surface area (Å²) in [6, 6.07) is 8.15. The lowest BCUT2D eigenvalue weighted by molar-refractivity contribution is 0.0890. The van der Waals surface area contributed by atoms with Crippen LogP contribution in [-0.2, 0) is 13.1 Å². The Balaban J connectivity index is 1.76. The Labute approximate surface area is 154 Å². The van der Waals surface area contributed by atoms with Gasteiger partial charge >= 0.3 is 5.63 Å². The van der Waals surface area contributed by atoms with Gasteiger partial charge in [0.1, 0.15) is 23.9 Å². The van der Waals surface area contributed by atoms with E-state index < -0.39 is 0 Å². The van der Waals surface area contributed by atoms with Crippen molar-refractivity contribution in [3.8, 4) is 5.75 Å². The lowest BCUT2D eigenvalue weighted by atomic mass is 10.0. The van der Waals surface area contributed by atoms with E-state index in [0.717, 1.165) is 22.1 Å². The van der Waals surface area contributed by atoms with E-state index >= 15 is 0 Å². The number of hydrogen-bond donors (Lipinski definition) is 0. The molecule has 1 aliphatic rings. The molecule has 0 N–H and O–H groups in total. The maximum atomic E-state index is 13.1. The van der Waals surface area contributed by atoms with Gasteiger partial charge in [-0.3, -0.25) is 4.90 Å². The van der Waals surface area contributed by atoms with E-state index in [2.05, 4.69) is 0 Å². The fourth-order valence-electron chi connectivity index (χ4n) is 3.26. The molecule has 3 aromatic rings. The summed E-state index contributed by atoms with van der Waals surface area (Å²) in [4.78, 5) is 14.2. The molecule has 2 aromatic carbocycles. The van der Waals surface area contributed by atoms with Crippen molar-refractivity contribution >= 4 is 22.6 Å². The second-order valence-corrected chi connectivity index (χ2v) is 6.98. The molecule has 0 spiro atoms. The average Bonchev–Trinajstić information content (AvgIpc) is 2.63. The van der Waals surface area contributed by atoms with E-state index in [1.165, 1.54) is 12.1 Å². The van der Waals surface area contributed by atoms with E-state index in [0.29, 0.717) is 41.7 Å². The predicted octanol–water partition coefficient (Wildman–Crippen LogP) is 4.55. The first-order valence-electron chi connectivity index (χ1n) is 8.29. The number of ether oxygens (including phenoxy) is 1. The van der Waals surface area contributed by atoms with Crippen molar-refractivity contribution in [1.29, 1.82) is 0 Å². The second-order valence-electron chi connectivity index (χ2n) is 6.57. The quantitative estimate of drug-likeness (QED) is 0.618. The van der Waals surface area contributed by atoms with E-state index in [1.54, 1.807) is 25.1 Å². The molecule has 1 aliphatic heterocycles. The average molecular weight is 374 g/mol. The third-order valence-corrected chi connectivity index (χ3v) is 5.12. The van der Waals surface area contributed by atoms with E-state index in [9.17, 15) is 9.18 Å². The SMILES string of the molecule is Cc1c(C)c2cc(Cl)c3c(c2oc1=O)CN(Cc1ccc(F)cc1)CO3. The fraction of sp³-hybridized carbons (Fsp3) is 0.250. The van der Waals surface area contributed by atoms with Crippen molar-refractivity contribution in [2.45, 2.75) is 26.9 Å². The number of rotatable bonds is 2. The van der Waals surface area contributed by atoms with E-state index in [4.69, 9.17) is 20.8 Å². The fourth-order valence-corrected chi connectivity index (χ4v) is 3.54. The molecule has 134 valence electrons. The zero-order valence-electron chi connectivity index (χ0n) is 14.4. The number of halogens is 2. The lowest BCUT2D eigenvalue weighted by Gasteiger charge is -2.30. The van der Waals surface area contributed by atoms with Crippen molar-refractivity contribution in [2.24, 2.45) is 0 Å². The number of nitrogens with zero attached hydrogens (tertiary/aromatic N) is 1. The van der Waals surface area contributed by atoms with Gasteiger partial charge in [0.15, 0.2) is 0 Å². The van der Waals surface area contributed by atoms with Gasteiger partial charge in [-0.1, -0.05) is 23.7 Å². The first-order valence-corrected chi connectivity index (χ1v) is 8.67. The van der Waals surface area contributed by atoms with Gasteiger partial charge in [0.05, 0.1) is 10.6 Å². The lowest BCUT2D eigenvalue weighted by Crippen LogP contribution is -2.32. The zero-order valence-corrected chi connectivity index (χ0v) is 15.2. The molecule has 0 saturated heterocycles. The summed E-state index contributed by atoms with van der Waals surface area (Å²) < 4.78 is 24.5. The van der Waals surface area contributed by atoms with Crippen molar-refractivity contribution in [1.82, 2.24) is 4.90 Å². The highest BCUT2D eigenvalue weighted by Crippen LogP contribution is 2.39. The van der Waals surface area contributed by atoms with Crippen LogP contribution in [0.3, 0.4) is 0 Å². The summed E-state index contributed by atoms with van der Waals surface area (Å²) in [7, 11) is 0. The van der Waals surface area contributed by atoms with Gasteiger partial charge in [-0.05, 0) is 43.2 Å². The minimum absolute atomic E-state index is 0.264. The Morgan fingerprint density at radius 3 is 2.65 bits per heavy atom. The molecule has 0 atom stereocenters. The van der Waals surface area contributed by atoms with Crippen LogP contribution in [0, 0.1) is 19.7 Å². The van der Waals surface area contributed by atoms with E-state index in [-0.39, 0.29) is 11.4 Å². The first-order chi connectivity index (χ1) is 12.4. The molecule has 6 heteroatoms. The maximum absolute atomic E-state index is 13.1. The molecule has 4 rings (SSSR count). The largest absolute Gasteiger partial charge is 0.476 e.